The molecule has 112 valence electrons. The lowest BCUT2D eigenvalue weighted by Gasteiger charge is -2.36. The maximum absolute atomic E-state index is 10.6. The van der Waals surface area contributed by atoms with Crippen LogP contribution in [0.25, 0.3) is 0 Å². The van der Waals surface area contributed by atoms with Crippen molar-refractivity contribution in [1.29, 1.82) is 0 Å². The van der Waals surface area contributed by atoms with Crippen LogP contribution < -0.4 is 10.2 Å². The van der Waals surface area contributed by atoms with Crippen molar-refractivity contribution in [3.63, 3.8) is 0 Å². The summed E-state index contributed by atoms with van der Waals surface area (Å²) in [6.07, 6.45) is -0.0670. The predicted octanol–water partition coefficient (Wildman–Crippen LogP) is 3.55. The molecule has 0 bridgehead atoms. The van der Waals surface area contributed by atoms with E-state index in [0.717, 1.165) is 11.3 Å². The molecule has 0 aromatic heterocycles. The Kier molecular flexibility index (Phi) is 4.99. The first-order valence-electron chi connectivity index (χ1n) is 6.79. The molecule has 0 fully saturated rings. The van der Waals surface area contributed by atoms with E-state index in [4.69, 9.17) is 15.3 Å². The SMILES string of the molecule is CC(C)(C)[Si](C)(C)Oc1ccc([C@H](N)CC(=O)O)cc1. The molecule has 4 nitrogen and oxygen atoms in total. The zero-order valence-electron chi connectivity index (χ0n) is 12.9. The second-order valence-corrected chi connectivity index (χ2v) is 11.4. The predicted molar refractivity (Wildman–Crippen MR) is 83.4 cm³/mol. The van der Waals surface area contributed by atoms with E-state index in [1.165, 1.54) is 0 Å². The standard InChI is InChI=1S/C15H25NO3Si/c1-15(2,3)20(4,5)19-12-8-6-11(7-9-12)13(16)10-14(17)18/h6-9,13H,10,16H2,1-5H3,(H,17,18)/t13-/m1/s1. The number of carboxylic acid groups (broad SMARTS) is 1. The zero-order valence-corrected chi connectivity index (χ0v) is 13.9. The lowest BCUT2D eigenvalue weighted by atomic mass is 10.1. The quantitative estimate of drug-likeness (QED) is 0.815. The van der Waals surface area contributed by atoms with Gasteiger partial charge in [-0.05, 0) is 35.8 Å². The van der Waals surface area contributed by atoms with E-state index in [0.29, 0.717) is 0 Å². The maximum atomic E-state index is 10.6. The fourth-order valence-electron chi connectivity index (χ4n) is 1.54. The van der Waals surface area contributed by atoms with Crippen molar-refractivity contribution in [2.45, 2.75) is 51.4 Å². The minimum Gasteiger partial charge on any atom is -0.544 e. The second kappa shape index (κ2) is 5.97. The number of carboxylic acids is 1. The maximum Gasteiger partial charge on any atom is 0.305 e. The molecule has 0 unspecified atom stereocenters. The molecule has 1 rings (SSSR count). The van der Waals surface area contributed by atoms with Gasteiger partial charge in [0.2, 0.25) is 8.32 Å². The summed E-state index contributed by atoms with van der Waals surface area (Å²) in [5.41, 5.74) is 6.64. The van der Waals surface area contributed by atoms with Gasteiger partial charge < -0.3 is 15.3 Å². The fourth-order valence-corrected chi connectivity index (χ4v) is 2.57. The molecule has 5 heteroatoms. The van der Waals surface area contributed by atoms with E-state index in [1.54, 1.807) is 0 Å². The van der Waals surface area contributed by atoms with E-state index in [1.807, 2.05) is 24.3 Å². The molecule has 0 saturated carbocycles. The molecule has 1 aromatic carbocycles. The Hall–Kier alpha value is -1.33. The third-order valence-corrected chi connectivity index (χ3v) is 8.24. The Morgan fingerprint density at radius 3 is 2.20 bits per heavy atom. The van der Waals surface area contributed by atoms with E-state index in [9.17, 15) is 4.79 Å². The topological polar surface area (TPSA) is 72.5 Å². The van der Waals surface area contributed by atoms with Crippen LogP contribution in [-0.4, -0.2) is 19.4 Å². The van der Waals surface area contributed by atoms with Crippen LogP contribution in [0.5, 0.6) is 5.75 Å². The summed E-state index contributed by atoms with van der Waals surface area (Å²) in [6.45, 7) is 11.0. The zero-order chi connectivity index (χ0) is 15.6. The van der Waals surface area contributed by atoms with Crippen LogP contribution in [-0.2, 0) is 4.79 Å². The van der Waals surface area contributed by atoms with Crippen LogP contribution in [0.15, 0.2) is 24.3 Å². The van der Waals surface area contributed by atoms with Crippen LogP contribution in [0.4, 0.5) is 0 Å². The second-order valence-electron chi connectivity index (χ2n) is 6.64. The molecule has 0 amide bonds. The van der Waals surface area contributed by atoms with Crippen molar-refractivity contribution in [2.24, 2.45) is 5.73 Å². The first-order valence-corrected chi connectivity index (χ1v) is 9.70. The first-order chi connectivity index (χ1) is 9.03. The number of hydrogen-bond donors (Lipinski definition) is 2. The summed E-state index contributed by atoms with van der Waals surface area (Å²) in [5, 5.41) is 8.89. The van der Waals surface area contributed by atoms with Gasteiger partial charge in [0, 0.05) is 6.04 Å². The van der Waals surface area contributed by atoms with E-state index in [2.05, 4.69) is 33.9 Å². The van der Waals surface area contributed by atoms with Crippen LogP contribution in [0.2, 0.25) is 18.1 Å². The van der Waals surface area contributed by atoms with Crippen molar-refractivity contribution in [1.82, 2.24) is 0 Å². The van der Waals surface area contributed by atoms with E-state index >= 15 is 0 Å². The van der Waals surface area contributed by atoms with Gasteiger partial charge in [-0.2, -0.15) is 0 Å². The summed E-state index contributed by atoms with van der Waals surface area (Å²) in [5.74, 6) is -0.0676. The number of benzene rings is 1. The molecule has 0 radical (unpaired) electrons. The highest BCUT2D eigenvalue weighted by molar-refractivity contribution is 6.74. The highest BCUT2D eigenvalue weighted by Crippen LogP contribution is 2.37. The van der Waals surface area contributed by atoms with Gasteiger partial charge in [-0.15, -0.1) is 0 Å². The monoisotopic (exact) mass is 295 g/mol. The largest absolute Gasteiger partial charge is 0.544 e. The molecular formula is C15H25NO3Si. The molecule has 0 heterocycles. The Bertz CT molecular complexity index is 463. The van der Waals surface area contributed by atoms with Gasteiger partial charge in [0.15, 0.2) is 0 Å². The Morgan fingerprint density at radius 1 is 1.30 bits per heavy atom. The lowest BCUT2D eigenvalue weighted by molar-refractivity contribution is -0.137. The molecule has 0 aliphatic carbocycles. The van der Waals surface area contributed by atoms with Gasteiger partial charge in [-0.25, -0.2) is 0 Å². The minimum absolute atomic E-state index is 0.0670. The van der Waals surface area contributed by atoms with Crippen molar-refractivity contribution in [3.8, 4) is 5.75 Å². The van der Waals surface area contributed by atoms with Crippen molar-refractivity contribution in [3.05, 3.63) is 29.8 Å². The molecule has 20 heavy (non-hydrogen) atoms. The molecule has 1 aromatic rings. The number of hydrogen-bond acceptors (Lipinski definition) is 3. The molecule has 1 atom stereocenters. The van der Waals surface area contributed by atoms with Crippen molar-refractivity contribution < 1.29 is 14.3 Å². The average molecular weight is 295 g/mol. The van der Waals surface area contributed by atoms with Crippen molar-refractivity contribution >= 4 is 14.3 Å². The van der Waals surface area contributed by atoms with Crippen LogP contribution in [0, 0.1) is 0 Å². The van der Waals surface area contributed by atoms with Gasteiger partial charge in [-0.1, -0.05) is 32.9 Å². The molecule has 0 saturated heterocycles. The fraction of sp³-hybridized carbons (Fsp3) is 0.533. The molecule has 0 aliphatic heterocycles. The Balaban J connectivity index is 2.80. The van der Waals surface area contributed by atoms with E-state index < -0.39 is 20.3 Å². The molecule has 0 aliphatic rings. The van der Waals surface area contributed by atoms with Crippen LogP contribution >= 0.6 is 0 Å². The Labute approximate surface area is 122 Å². The summed E-state index contributed by atoms with van der Waals surface area (Å²) in [4.78, 5) is 10.6. The number of aliphatic carboxylic acids is 1. The lowest BCUT2D eigenvalue weighted by Crippen LogP contribution is -2.43. The average Bonchev–Trinajstić information content (AvgIpc) is 2.26. The molecule has 0 spiro atoms. The van der Waals surface area contributed by atoms with Gasteiger partial charge >= 0.3 is 5.97 Å². The third-order valence-electron chi connectivity index (χ3n) is 3.88. The van der Waals surface area contributed by atoms with Crippen molar-refractivity contribution in [2.75, 3.05) is 0 Å². The number of rotatable bonds is 5. The summed E-state index contributed by atoms with van der Waals surface area (Å²) >= 11 is 0. The third kappa shape index (κ3) is 4.35. The first kappa shape index (κ1) is 16.7. The summed E-state index contributed by atoms with van der Waals surface area (Å²) < 4.78 is 6.16. The van der Waals surface area contributed by atoms with Crippen LogP contribution in [0.1, 0.15) is 38.8 Å². The normalized spacial score (nSPS) is 13.9. The smallest absolute Gasteiger partial charge is 0.305 e. The number of carbonyl (C=O) groups is 1. The van der Waals surface area contributed by atoms with Gasteiger partial charge in [0.05, 0.1) is 6.42 Å². The van der Waals surface area contributed by atoms with Crippen LogP contribution in [0.3, 0.4) is 0 Å². The summed E-state index contributed by atoms with van der Waals surface area (Å²) in [7, 11) is -1.84. The molecular weight excluding hydrogens is 270 g/mol. The Morgan fingerprint density at radius 2 is 1.80 bits per heavy atom. The number of nitrogens with two attached hydrogens (primary N) is 1. The highest BCUT2D eigenvalue weighted by atomic mass is 28.4. The van der Waals surface area contributed by atoms with Gasteiger partial charge in [-0.3, -0.25) is 4.79 Å². The molecule has 3 N–H and O–H groups in total. The minimum atomic E-state index is -1.84. The van der Waals surface area contributed by atoms with Gasteiger partial charge in [0.1, 0.15) is 5.75 Å². The summed E-state index contributed by atoms with van der Waals surface area (Å²) in [6, 6.07) is 6.95. The van der Waals surface area contributed by atoms with E-state index in [-0.39, 0.29) is 11.5 Å². The highest BCUT2D eigenvalue weighted by Gasteiger charge is 2.38. The van der Waals surface area contributed by atoms with Gasteiger partial charge in [0.25, 0.3) is 0 Å².